The molecular formula is C22H20N4S. The normalized spacial score (nSPS) is 13.0. The third kappa shape index (κ3) is 5.66. The van der Waals surface area contributed by atoms with Crippen LogP contribution in [-0.2, 0) is 0 Å². The zero-order valence-electron chi connectivity index (χ0n) is 15.3. The van der Waals surface area contributed by atoms with Gasteiger partial charge in [-0.1, -0.05) is 60.7 Å². The van der Waals surface area contributed by atoms with Gasteiger partial charge < -0.3 is 0 Å². The van der Waals surface area contributed by atoms with Crippen molar-refractivity contribution in [3.05, 3.63) is 93.7 Å². The van der Waals surface area contributed by atoms with E-state index in [1.807, 2.05) is 86.6 Å². The maximum Gasteiger partial charge on any atom is 0.0771 e. The number of benzene rings is 2. The molecule has 0 aliphatic carbocycles. The van der Waals surface area contributed by atoms with Crippen molar-refractivity contribution in [2.45, 2.75) is 13.8 Å². The first-order valence-corrected chi connectivity index (χ1v) is 9.40. The van der Waals surface area contributed by atoms with E-state index in [-0.39, 0.29) is 0 Å². The van der Waals surface area contributed by atoms with Gasteiger partial charge in [0.25, 0.3) is 0 Å². The maximum absolute atomic E-state index is 4.29. The van der Waals surface area contributed by atoms with Crippen LogP contribution in [0.1, 0.15) is 34.7 Å². The van der Waals surface area contributed by atoms with E-state index in [0.29, 0.717) is 0 Å². The molecule has 1 heterocycles. The summed E-state index contributed by atoms with van der Waals surface area (Å²) in [7, 11) is 0. The SMILES string of the molecule is C/C(=N\N=C/c1ccccc1)c1ccc(/C(C)=N/N=C\c2ccccc2)s1. The molecule has 2 aromatic carbocycles. The molecule has 0 atom stereocenters. The first-order chi connectivity index (χ1) is 13.2. The predicted molar refractivity (Wildman–Crippen MR) is 117 cm³/mol. The Morgan fingerprint density at radius 2 is 1.04 bits per heavy atom. The Bertz CT molecular complexity index is 903. The molecule has 0 spiro atoms. The molecule has 4 nitrogen and oxygen atoms in total. The third-order valence-electron chi connectivity index (χ3n) is 3.75. The zero-order valence-corrected chi connectivity index (χ0v) is 16.1. The minimum absolute atomic E-state index is 0.874. The Kier molecular flexibility index (Phi) is 6.55. The number of nitrogens with zero attached hydrogens (tertiary/aromatic N) is 4. The molecule has 3 rings (SSSR count). The second-order valence-corrected chi connectivity index (χ2v) is 6.93. The molecule has 0 aliphatic rings. The summed E-state index contributed by atoms with van der Waals surface area (Å²) in [6.45, 7) is 3.91. The minimum atomic E-state index is 0.874. The van der Waals surface area contributed by atoms with E-state index in [1.165, 1.54) is 0 Å². The molecule has 0 bridgehead atoms. The fraction of sp³-hybridized carbons (Fsp3) is 0.0909. The van der Waals surface area contributed by atoms with Crippen molar-refractivity contribution in [3.8, 4) is 0 Å². The van der Waals surface area contributed by atoms with Crippen molar-refractivity contribution in [3.63, 3.8) is 0 Å². The molecule has 0 saturated carbocycles. The standard InChI is InChI=1S/C22H20N4S/c1-17(25-23-15-19-9-5-3-6-10-19)21-13-14-22(27-21)18(2)26-24-16-20-11-7-4-8-12-20/h3-16H,1-2H3/b23-15-,24-16-,25-17+,26-18+. The first-order valence-electron chi connectivity index (χ1n) is 8.58. The van der Waals surface area contributed by atoms with Crippen molar-refractivity contribution >= 4 is 35.2 Å². The second kappa shape index (κ2) is 9.50. The molecule has 3 aromatic rings. The lowest BCUT2D eigenvalue weighted by molar-refractivity contribution is 1.24. The average Bonchev–Trinajstić information content (AvgIpc) is 3.20. The zero-order chi connectivity index (χ0) is 18.9. The highest BCUT2D eigenvalue weighted by Gasteiger charge is 2.05. The van der Waals surface area contributed by atoms with Gasteiger partial charge in [-0.25, -0.2) is 0 Å². The van der Waals surface area contributed by atoms with E-state index < -0.39 is 0 Å². The molecule has 0 radical (unpaired) electrons. The van der Waals surface area contributed by atoms with Gasteiger partial charge in [0.1, 0.15) is 0 Å². The van der Waals surface area contributed by atoms with Crippen molar-refractivity contribution < 1.29 is 0 Å². The van der Waals surface area contributed by atoms with Crippen LogP contribution < -0.4 is 0 Å². The molecule has 134 valence electrons. The second-order valence-electron chi connectivity index (χ2n) is 5.85. The van der Waals surface area contributed by atoms with Gasteiger partial charge in [0.2, 0.25) is 0 Å². The van der Waals surface area contributed by atoms with Crippen LogP contribution in [0.3, 0.4) is 0 Å². The van der Waals surface area contributed by atoms with Crippen LogP contribution in [0, 0.1) is 0 Å². The van der Waals surface area contributed by atoms with Gasteiger partial charge in [0.15, 0.2) is 0 Å². The first kappa shape index (κ1) is 18.6. The summed E-state index contributed by atoms with van der Waals surface area (Å²) >= 11 is 1.63. The fourth-order valence-corrected chi connectivity index (χ4v) is 3.15. The largest absolute Gasteiger partial charge is 0.158 e. The predicted octanol–water partition coefficient (Wildman–Crippen LogP) is 5.43. The molecule has 0 unspecified atom stereocenters. The van der Waals surface area contributed by atoms with Crippen molar-refractivity contribution in [1.29, 1.82) is 0 Å². The molecular weight excluding hydrogens is 352 g/mol. The molecule has 0 saturated heterocycles. The lowest BCUT2D eigenvalue weighted by atomic mass is 10.2. The van der Waals surface area contributed by atoms with Crippen LogP contribution in [0.2, 0.25) is 0 Å². The molecule has 0 fully saturated rings. The minimum Gasteiger partial charge on any atom is -0.158 e. The van der Waals surface area contributed by atoms with E-state index in [9.17, 15) is 0 Å². The smallest absolute Gasteiger partial charge is 0.0771 e. The number of rotatable bonds is 6. The monoisotopic (exact) mass is 372 g/mol. The van der Waals surface area contributed by atoms with E-state index in [2.05, 4.69) is 20.4 Å². The lowest BCUT2D eigenvalue weighted by Crippen LogP contribution is -1.90. The topological polar surface area (TPSA) is 49.4 Å². The van der Waals surface area contributed by atoms with Crippen LogP contribution in [0.25, 0.3) is 0 Å². The fourth-order valence-electron chi connectivity index (χ4n) is 2.27. The van der Waals surface area contributed by atoms with Gasteiger partial charge >= 0.3 is 0 Å². The van der Waals surface area contributed by atoms with Crippen molar-refractivity contribution in [2.24, 2.45) is 20.4 Å². The van der Waals surface area contributed by atoms with E-state index in [0.717, 1.165) is 32.3 Å². The third-order valence-corrected chi connectivity index (χ3v) is 5.05. The van der Waals surface area contributed by atoms with Gasteiger partial charge in [-0.3, -0.25) is 0 Å². The summed E-state index contributed by atoms with van der Waals surface area (Å²) in [6, 6.07) is 23.9. The summed E-state index contributed by atoms with van der Waals surface area (Å²) in [4.78, 5) is 2.13. The Labute approximate surface area is 163 Å². The van der Waals surface area contributed by atoms with Crippen LogP contribution >= 0.6 is 11.3 Å². The van der Waals surface area contributed by atoms with E-state index in [4.69, 9.17) is 0 Å². The Balaban J connectivity index is 1.66. The molecule has 27 heavy (non-hydrogen) atoms. The number of thiophene rings is 1. The van der Waals surface area contributed by atoms with Gasteiger partial charge in [-0.05, 0) is 37.1 Å². The molecule has 5 heteroatoms. The number of hydrogen-bond donors (Lipinski definition) is 0. The summed E-state index contributed by atoms with van der Waals surface area (Å²) < 4.78 is 0. The summed E-state index contributed by atoms with van der Waals surface area (Å²) in [5.74, 6) is 0. The Hall–Kier alpha value is -3.18. The molecule has 1 aromatic heterocycles. The van der Waals surface area contributed by atoms with Crippen molar-refractivity contribution in [2.75, 3.05) is 0 Å². The quantitative estimate of drug-likeness (QED) is 0.409. The molecule has 0 aliphatic heterocycles. The highest BCUT2D eigenvalue weighted by atomic mass is 32.1. The van der Waals surface area contributed by atoms with E-state index in [1.54, 1.807) is 23.8 Å². The summed E-state index contributed by atoms with van der Waals surface area (Å²) in [5.41, 5.74) is 3.80. The van der Waals surface area contributed by atoms with Gasteiger partial charge in [0, 0.05) is 0 Å². The van der Waals surface area contributed by atoms with Crippen LogP contribution in [-0.4, -0.2) is 23.9 Å². The average molecular weight is 372 g/mol. The van der Waals surface area contributed by atoms with Crippen LogP contribution in [0.15, 0.2) is 93.2 Å². The van der Waals surface area contributed by atoms with Gasteiger partial charge in [-0.15, -0.1) is 11.3 Å². The maximum atomic E-state index is 4.29. The highest BCUT2D eigenvalue weighted by molar-refractivity contribution is 7.16. The van der Waals surface area contributed by atoms with Crippen LogP contribution in [0.4, 0.5) is 0 Å². The molecule has 0 N–H and O–H groups in total. The van der Waals surface area contributed by atoms with Gasteiger partial charge in [0.05, 0.1) is 33.6 Å². The van der Waals surface area contributed by atoms with E-state index >= 15 is 0 Å². The van der Waals surface area contributed by atoms with Gasteiger partial charge in [-0.2, -0.15) is 20.4 Å². The molecule has 0 amide bonds. The van der Waals surface area contributed by atoms with Crippen LogP contribution in [0.5, 0.6) is 0 Å². The lowest BCUT2D eigenvalue weighted by Gasteiger charge is -1.94. The Morgan fingerprint density at radius 3 is 1.44 bits per heavy atom. The summed E-state index contributed by atoms with van der Waals surface area (Å²) in [6.07, 6.45) is 3.51. The Morgan fingerprint density at radius 1 is 0.630 bits per heavy atom. The summed E-state index contributed by atoms with van der Waals surface area (Å²) in [5, 5.41) is 16.9. The highest BCUT2D eigenvalue weighted by Crippen LogP contribution is 2.18. The van der Waals surface area contributed by atoms with Crippen molar-refractivity contribution in [1.82, 2.24) is 0 Å². The number of hydrogen-bond acceptors (Lipinski definition) is 5.